The third-order valence-corrected chi connectivity index (χ3v) is 9.55. The van der Waals surface area contributed by atoms with Crippen LogP contribution in [0.5, 0.6) is 0 Å². The normalized spacial score (nSPS) is 12.3. The number of aryl methyl sites for hydroxylation is 1. The lowest BCUT2D eigenvalue weighted by atomic mass is 9.76. The maximum atomic E-state index is 5.15. The van der Waals surface area contributed by atoms with E-state index in [9.17, 15) is 0 Å². The van der Waals surface area contributed by atoms with E-state index in [1.807, 2.05) is 35.3 Å². The number of imidazole rings is 1. The lowest BCUT2D eigenvalue weighted by Crippen LogP contribution is -2.39. The molecule has 0 amide bonds. The molecule has 1 unspecified atom stereocenters. The van der Waals surface area contributed by atoms with Gasteiger partial charge in [0.05, 0.1) is 17.8 Å². The summed E-state index contributed by atoms with van der Waals surface area (Å²) in [5, 5.41) is 14.1. The summed E-state index contributed by atoms with van der Waals surface area (Å²) < 4.78 is 4.41. The standard InChI is InChI=1S/C43H37N7/c1-2-3-28-40-45-38-31-44-30-29-39(38)49(40)41(32-18-8-4-9-19-32)36-26-16-17-27-37(36)42-46-47-48-50(42)43(33-20-10-5-11-21-33,34-22-12-6-13-23-34)35-24-14-7-15-25-35/h4-27,29-31,41H,2-3,28H2,1H3. The van der Waals surface area contributed by atoms with Gasteiger partial charge in [0.25, 0.3) is 0 Å². The molecule has 0 bridgehead atoms. The van der Waals surface area contributed by atoms with Crippen LogP contribution in [-0.2, 0) is 12.0 Å². The van der Waals surface area contributed by atoms with Crippen LogP contribution >= 0.6 is 0 Å². The van der Waals surface area contributed by atoms with Crippen molar-refractivity contribution in [2.75, 3.05) is 0 Å². The average Bonchev–Trinajstić information content (AvgIpc) is 3.82. The van der Waals surface area contributed by atoms with Crippen LogP contribution in [-0.4, -0.2) is 34.7 Å². The molecule has 0 saturated heterocycles. The molecule has 0 radical (unpaired) electrons. The van der Waals surface area contributed by atoms with Gasteiger partial charge in [0.15, 0.2) is 5.82 Å². The molecule has 244 valence electrons. The Labute approximate surface area is 291 Å². The average molecular weight is 652 g/mol. The van der Waals surface area contributed by atoms with Gasteiger partial charge < -0.3 is 4.57 Å². The van der Waals surface area contributed by atoms with E-state index >= 15 is 0 Å². The molecule has 7 heteroatoms. The fraction of sp³-hybridized carbons (Fsp3) is 0.140. The first-order chi connectivity index (χ1) is 24.8. The molecule has 8 aromatic rings. The SMILES string of the molecule is CCCCc1nc2cnccc2n1C(c1ccccc1)c1ccccc1-c1nnnn1C(c1ccccc1)(c1ccccc1)c1ccccc1. The first-order valence-corrected chi connectivity index (χ1v) is 17.2. The van der Waals surface area contributed by atoms with Crippen molar-refractivity contribution in [1.82, 2.24) is 34.7 Å². The third kappa shape index (κ3) is 5.37. The summed E-state index contributed by atoms with van der Waals surface area (Å²) >= 11 is 0. The van der Waals surface area contributed by atoms with Crippen molar-refractivity contribution in [3.05, 3.63) is 198 Å². The van der Waals surface area contributed by atoms with Crippen LogP contribution in [0.25, 0.3) is 22.4 Å². The summed E-state index contributed by atoms with van der Waals surface area (Å²) in [6, 6.07) is 52.7. The highest BCUT2D eigenvalue weighted by molar-refractivity contribution is 5.76. The Morgan fingerprint density at radius 1 is 0.660 bits per heavy atom. The second-order valence-electron chi connectivity index (χ2n) is 12.5. The van der Waals surface area contributed by atoms with Gasteiger partial charge in [-0.15, -0.1) is 5.10 Å². The maximum Gasteiger partial charge on any atom is 0.183 e. The molecule has 0 aliphatic rings. The molecule has 0 saturated carbocycles. The number of rotatable bonds is 11. The van der Waals surface area contributed by atoms with Crippen LogP contribution in [0.1, 0.15) is 59.4 Å². The van der Waals surface area contributed by atoms with Gasteiger partial charge >= 0.3 is 0 Å². The van der Waals surface area contributed by atoms with E-state index in [2.05, 4.69) is 155 Å². The lowest BCUT2D eigenvalue weighted by Gasteiger charge is -2.36. The molecule has 0 N–H and O–H groups in total. The van der Waals surface area contributed by atoms with Gasteiger partial charge in [-0.1, -0.05) is 159 Å². The number of nitrogens with zero attached hydrogens (tertiary/aromatic N) is 7. The molecule has 50 heavy (non-hydrogen) atoms. The Bertz CT molecular complexity index is 2220. The number of hydrogen-bond donors (Lipinski definition) is 0. The van der Waals surface area contributed by atoms with Gasteiger partial charge in [0.2, 0.25) is 0 Å². The molecular weight excluding hydrogens is 615 g/mol. The minimum atomic E-state index is -0.877. The molecule has 0 fully saturated rings. The Morgan fingerprint density at radius 3 is 1.86 bits per heavy atom. The summed E-state index contributed by atoms with van der Waals surface area (Å²) in [5.74, 6) is 1.70. The van der Waals surface area contributed by atoms with Crippen molar-refractivity contribution in [2.24, 2.45) is 0 Å². The monoisotopic (exact) mass is 651 g/mol. The quantitative estimate of drug-likeness (QED) is 0.131. The van der Waals surface area contributed by atoms with Crippen LogP contribution in [0, 0.1) is 0 Å². The predicted molar refractivity (Wildman–Crippen MR) is 198 cm³/mol. The number of hydrogen-bond acceptors (Lipinski definition) is 5. The van der Waals surface area contributed by atoms with Gasteiger partial charge in [-0.3, -0.25) is 4.98 Å². The van der Waals surface area contributed by atoms with Crippen molar-refractivity contribution < 1.29 is 0 Å². The van der Waals surface area contributed by atoms with E-state index in [0.29, 0.717) is 5.82 Å². The zero-order valence-electron chi connectivity index (χ0n) is 27.9. The molecule has 0 aliphatic carbocycles. The minimum Gasteiger partial charge on any atom is -0.316 e. The van der Waals surface area contributed by atoms with Crippen LogP contribution in [0.15, 0.2) is 164 Å². The molecule has 3 aromatic heterocycles. The summed E-state index contributed by atoms with van der Waals surface area (Å²) in [5.41, 5.74) is 7.38. The van der Waals surface area contributed by atoms with Crippen molar-refractivity contribution in [1.29, 1.82) is 0 Å². The van der Waals surface area contributed by atoms with Crippen LogP contribution in [0.3, 0.4) is 0 Å². The number of tetrazole rings is 1. The fourth-order valence-corrected chi connectivity index (χ4v) is 7.33. The number of unbranched alkanes of at least 4 members (excludes halogenated alkanes) is 1. The number of aromatic nitrogens is 7. The highest BCUT2D eigenvalue weighted by Crippen LogP contribution is 2.44. The van der Waals surface area contributed by atoms with Gasteiger partial charge in [0, 0.05) is 18.2 Å². The summed E-state index contributed by atoms with van der Waals surface area (Å²) in [6.45, 7) is 2.22. The lowest BCUT2D eigenvalue weighted by molar-refractivity contribution is 0.451. The molecule has 7 nitrogen and oxygen atoms in total. The summed E-state index contributed by atoms with van der Waals surface area (Å²) in [6.07, 6.45) is 6.68. The molecule has 5 aromatic carbocycles. The van der Waals surface area contributed by atoms with Crippen molar-refractivity contribution in [3.8, 4) is 11.4 Å². The number of benzene rings is 5. The topological polar surface area (TPSA) is 74.3 Å². The van der Waals surface area contributed by atoms with E-state index in [4.69, 9.17) is 15.3 Å². The van der Waals surface area contributed by atoms with Crippen LogP contribution in [0.4, 0.5) is 0 Å². The number of pyridine rings is 1. The van der Waals surface area contributed by atoms with Crippen molar-refractivity contribution in [2.45, 2.75) is 37.8 Å². The van der Waals surface area contributed by atoms with Crippen LogP contribution < -0.4 is 0 Å². The Balaban J connectivity index is 1.43. The number of fused-ring (bicyclic) bond motifs is 1. The van der Waals surface area contributed by atoms with Crippen molar-refractivity contribution in [3.63, 3.8) is 0 Å². The van der Waals surface area contributed by atoms with E-state index in [1.54, 1.807) is 0 Å². The van der Waals surface area contributed by atoms with E-state index in [-0.39, 0.29) is 6.04 Å². The highest BCUT2D eigenvalue weighted by Gasteiger charge is 2.42. The largest absolute Gasteiger partial charge is 0.316 e. The van der Waals surface area contributed by atoms with Crippen LogP contribution in [0.2, 0.25) is 0 Å². The molecule has 1 atom stereocenters. The molecule has 3 heterocycles. The van der Waals surface area contributed by atoms with E-state index < -0.39 is 5.54 Å². The third-order valence-electron chi connectivity index (χ3n) is 9.55. The first kappa shape index (κ1) is 31.1. The van der Waals surface area contributed by atoms with E-state index in [1.165, 1.54) is 0 Å². The Kier molecular flexibility index (Phi) is 8.53. The van der Waals surface area contributed by atoms with Gasteiger partial charge in [-0.05, 0) is 50.7 Å². The second kappa shape index (κ2) is 13.7. The van der Waals surface area contributed by atoms with E-state index in [0.717, 1.165) is 69.5 Å². The fourth-order valence-electron chi connectivity index (χ4n) is 7.33. The minimum absolute atomic E-state index is 0.212. The summed E-state index contributed by atoms with van der Waals surface area (Å²) in [4.78, 5) is 9.58. The summed E-state index contributed by atoms with van der Waals surface area (Å²) in [7, 11) is 0. The zero-order chi connectivity index (χ0) is 33.8. The molecular formula is C43H37N7. The van der Waals surface area contributed by atoms with Crippen molar-refractivity contribution >= 4 is 11.0 Å². The Morgan fingerprint density at radius 2 is 1.24 bits per heavy atom. The highest BCUT2D eigenvalue weighted by atomic mass is 15.6. The molecule has 0 spiro atoms. The van der Waals surface area contributed by atoms with Gasteiger partial charge in [-0.25, -0.2) is 9.67 Å². The smallest absolute Gasteiger partial charge is 0.183 e. The molecule has 0 aliphatic heterocycles. The molecule has 8 rings (SSSR count). The first-order valence-electron chi connectivity index (χ1n) is 17.2. The Hall–Kier alpha value is -6.21. The van der Waals surface area contributed by atoms with Gasteiger partial charge in [-0.2, -0.15) is 0 Å². The second-order valence-corrected chi connectivity index (χ2v) is 12.5. The predicted octanol–water partition coefficient (Wildman–Crippen LogP) is 8.91. The maximum absolute atomic E-state index is 5.15. The zero-order valence-corrected chi connectivity index (χ0v) is 27.9. The van der Waals surface area contributed by atoms with Gasteiger partial charge in [0.1, 0.15) is 16.9 Å².